The standard InChI is InChI=1S/C10H18N4OS.ClH/c1-14-5-4-11-7-8(14)10-12-9(15-13-10)3-6-16-2;/h8,11H,3-7H2,1-2H3;1H. The zero-order valence-corrected chi connectivity index (χ0v) is 11.8. The van der Waals surface area contributed by atoms with Gasteiger partial charge in [-0.15, -0.1) is 12.4 Å². The van der Waals surface area contributed by atoms with Crippen LogP contribution in [0.3, 0.4) is 0 Å². The number of piperazine rings is 1. The molecule has 1 aliphatic heterocycles. The molecule has 0 spiro atoms. The molecule has 1 N–H and O–H groups in total. The maximum atomic E-state index is 5.24. The largest absolute Gasteiger partial charge is 0.339 e. The van der Waals surface area contributed by atoms with E-state index < -0.39 is 0 Å². The van der Waals surface area contributed by atoms with Gasteiger partial charge in [-0.05, 0) is 13.3 Å². The van der Waals surface area contributed by atoms with Gasteiger partial charge >= 0.3 is 0 Å². The summed E-state index contributed by atoms with van der Waals surface area (Å²) >= 11 is 1.79. The number of hydrogen-bond acceptors (Lipinski definition) is 6. The van der Waals surface area contributed by atoms with Crippen LogP contribution in [0.1, 0.15) is 17.8 Å². The van der Waals surface area contributed by atoms with Crippen LogP contribution in [-0.4, -0.2) is 53.7 Å². The topological polar surface area (TPSA) is 54.2 Å². The molecule has 17 heavy (non-hydrogen) atoms. The van der Waals surface area contributed by atoms with Crippen LogP contribution >= 0.6 is 24.2 Å². The molecule has 0 radical (unpaired) electrons. The minimum Gasteiger partial charge on any atom is -0.339 e. The maximum absolute atomic E-state index is 5.24. The molecule has 1 aliphatic rings. The van der Waals surface area contributed by atoms with E-state index in [1.165, 1.54) is 0 Å². The average Bonchev–Trinajstić information content (AvgIpc) is 2.75. The van der Waals surface area contributed by atoms with Crippen molar-refractivity contribution in [2.45, 2.75) is 12.5 Å². The van der Waals surface area contributed by atoms with Crippen molar-refractivity contribution in [3.63, 3.8) is 0 Å². The Kier molecular flexibility index (Phi) is 6.26. The number of likely N-dealkylation sites (N-methyl/N-ethyl adjacent to an activating group) is 1. The Hall–Kier alpha value is -0.300. The summed E-state index contributed by atoms with van der Waals surface area (Å²) in [6.45, 7) is 2.96. The van der Waals surface area contributed by atoms with Crippen LogP contribution in [0.5, 0.6) is 0 Å². The van der Waals surface area contributed by atoms with Crippen LogP contribution in [-0.2, 0) is 6.42 Å². The minimum absolute atomic E-state index is 0. The van der Waals surface area contributed by atoms with E-state index in [4.69, 9.17) is 4.52 Å². The number of hydrogen-bond donors (Lipinski definition) is 1. The summed E-state index contributed by atoms with van der Waals surface area (Å²) < 4.78 is 5.24. The Morgan fingerprint density at radius 3 is 3.12 bits per heavy atom. The third-order valence-corrected chi connectivity index (χ3v) is 3.43. The third kappa shape index (κ3) is 3.84. The monoisotopic (exact) mass is 278 g/mol. The molecule has 1 saturated heterocycles. The molecule has 1 unspecified atom stereocenters. The van der Waals surface area contributed by atoms with Crippen LogP contribution < -0.4 is 5.32 Å². The van der Waals surface area contributed by atoms with Crippen molar-refractivity contribution in [1.29, 1.82) is 0 Å². The molecule has 2 heterocycles. The number of aromatic nitrogens is 2. The van der Waals surface area contributed by atoms with E-state index in [1.54, 1.807) is 11.8 Å². The maximum Gasteiger partial charge on any atom is 0.227 e. The SMILES string of the molecule is CSCCc1nc(C2CNCCN2C)no1.Cl. The average molecular weight is 279 g/mol. The quantitative estimate of drug-likeness (QED) is 0.886. The van der Waals surface area contributed by atoms with Gasteiger partial charge in [-0.2, -0.15) is 16.7 Å². The van der Waals surface area contributed by atoms with Crippen LogP contribution in [0, 0.1) is 0 Å². The van der Waals surface area contributed by atoms with Crippen molar-refractivity contribution >= 4 is 24.2 Å². The van der Waals surface area contributed by atoms with Gasteiger partial charge in [0.2, 0.25) is 5.89 Å². The zero-order valence-electron chi connectivity index (χ0n) is 10.2. The first-order chi connectivity index (χ1) is 7.81. The molecular formula is C10H19ClN4OS. The van der Waals surface area contributed by atoms with Crippen molar-refractivity contribution in [2.75, 3.05) is 38.7 Å². The lowest BCUT2D eigenvalue weighted by Crippen LogP contribution is -2.44. The fourth-order valence-corrected chi connectivity index (χ4v) is 2.17. The Morgan fingerprint density at radius 1 is 1.59 bits per heavy atom. The molecule has 1 atom stereocenters. The molecule has 98 valence electrons. The first-order valence-corrected chi connectivity index (χ1v) is 6.93. The molecule has 0 aromatic carbocycles. The highest BCUT2D eigenvalue weighted by Crippen LogP contribution is 2.17. The van der Waals surface area contributed by atoms with Gasteiger partial charge in [0.25, 0.3) is 0 Å². The number of halogens is 1. The summed E-state index contributed by atoms with van der Waals surface area (Å²) in [6.07, 6.45) is 2.94. The van der Waals surface area contributed by atoms with Crippen LogP contribution in [0.4, 0.5) is 0 Å². The molecular weight excluding hydrogens is 260 g/mol. The van der Waals surface area contributed by atoms with Gasteiger partial charge < -0.3 is 9.84 Å². The van der Waals surface area contributed by atoms with Gasteiger partial charge in [0, 0.05) is 31.8 Å². The van der Waals surface area contributed by atoms with E-state index in [9.17, 15) is 0 Å². The van der Waals surface area contributed by atoms with Crippen molar-refractivity contribution in [3.05, 3.63) is 11.7 Å². The molecule has 0 saturated carbocycles. The fraction of sp³-hybridized carbons (Fsp3) is 0.800. The second kappa shape index (κ2) is 7.20. The first kappa shape index (κ1) is 14.8. The summed E-state index contributed by atoms with van der Waals surface area (Å²) in [6, 6.07) is 0.250. The summed E-state index contributed by atoms with van der Waals surface area (Å²) in [4.78, 5) is 6.71. The predicted octanol–water partition coefficient (Wildman–Crippen LogP) is 0.973. The number of rotatable bonds is 4. The van der Waals surface area contributed by atoms with Crippen molar-refractivity contribution in [2.24, 2.45) is 0 Å². The molecule has 0 amide bonds. The van der Waals surface area contributed by atoms with Crippen LogP contribution in [0.2, 0.25) is 0 Å². The summed E-state index contributed by atoms with van der Waals surface area (Å²) in [5.74, 6) is 2.59. The molecule has 7 heteroatoms. The Morgan fingerprint density at radius 2 is 2.41 bits per heavy atom. The smallest absolute Gasteiger partial charge is 0.227 e. The summed E-state index contributed by atoms with van der Waals surface area (Å²) in [5, 5.41) is 7.41. The highest BCUT2D eigenvalue weighted by molar-refractivity contribution is 7.98. The van der Waals surface area contributed by atoms with Gasteiger partial charge in [-0.25, -0.2) is 0 Å². The highest BCUT2D eigenvalue weighted by atomic mass is 35.5. The van der Waals surface area contributed by atoms with Gasteiger partial charge in [-0.3, -0.25) is 4.90 Å². The van der Waals surface area contributed by atoms with Gasteiger partial charge in [-0.1, -0.05) is 5.16 Å². The van der Waals surface area contributed by atoms with E-state index in [2.05, 4.69) is 33.7 Å². The number of nitrogens with one attached hydrogen (secondary N) is 1. The van der Waals surface area contributed by atoms with Crippen molar-refractivity contribution in [1.82, 2.24) is 20.4 Å². The van der Waals surface area contributed by atoms with E-state index >= 15 is 0 Å². The first-order valence-electron chi connectivity index (χ1n) is 5.53. The van der Waals surface area contributed by atoms with Gasteiger partial charge in [0.05, 0.1) is 6.04 Å². The fourth-order valence-electron chi connectivity index (χ4n) is 1.79. The van der Waals surface area contributed by atoms with E-state index in [0.717, 1.165) is 43.5 Å². The molecule has 0 bridgehead atoms. The molecule has 0 aliphatic carbocycles. The zero-order chi connectivity index (χ0) is 11.4. The Labute approximate surface area is 112 Å². The summed E-state index contributed by atoms with van der Waals surface area (Å²) in [7, 11) is 2.10. The third-order valence-electron chi connectivity index (χ3n) is 2.81. The molecule has 5 nitrogen and oxygen atoms in total. The lowest BCUT2D eigenvalue weighted by molar-refractivity contribution is 0.190. The van der Waals surface area contributed by atoms with Gasteiger partial charge in [0.1, 0.15) is 0 Å². The Bertz CT molecular complexity index is 336. The summed E-state index contributed by atoms with van der Waals surface area (Å²) in [5.41, 5.74) is 0. The second-order valence-corrected chi connectivity index (χ2v) is 4.98. The Balaban J connectivity index is 0.00000144. The van der Waals surface area contributed by atoms with Crippen molar-refractivity contribution in [3.8, 4) is 0 Å². The number of nitrogens with zero attached hydrogens (tertiary/aromatic N) is 3. The van der Waals surface area contributed by atoms with Crippen LogP contribution in [0.25, 0.3) is 0 Å². The number of aryl methyl sites for hydroxylation is 1. The van der Waals surface area contributed by atoms with Gasteiger partial charge in [0.15, 0.2) is 5.82 Å². The van der Waals surface area contributed by atoms with Crippen LogP contribution in [0.15, 0.2) is 4.52 Å². The van der Waals surface area contributed by atoms with Crippen molar-refractivity contribution < 1.29 is 4.52 Å². The highest BCUT2D eigenvalue weighted by Gasteiger charge is 2.24. The normalized spacial score (nSPS) is 21.2. The van der Waals surface area contributed by atoms with E-state index in [1.807, 2.05) is 0 Å². The molecule has 2 rings (SSSR count). The number of thioether (sulfide) groups is 1. The van der Waals surface area contributed by atoms with E-state index in [-0.39, 0.29) is 18.4 Å². The molecule has 1 fully saturated rings. The lowest BCUT2D eigenvalue weighted by atomic mass is 10.2. The predicted molar refractivity (Wildman–Crippen MR) is 71.9 cm³/mol. The minimum atomic E-state index is 0. The van der Waals surface area contributed by atoms with E-state index in [0.29, 0.717) is 0 Å². The molecule has 1 aromatic rings. The molecule has 1 aromatic heterocycles. The lowest BCUT2D eigenvalue weighted by Gasteiger charge is -2.30. The second-order valence-electron chi connectivity index (χ2n) is 3.99.